The van der Waals surface area contributed by atoms with E-state index in [4.69, 9.17) is 4.52 Å². The lowest BCUT2D eigenvalue weighted by molar-refractivity contribution is 0.319. The Hall–Kier alpha value is -0.970. The number of nitrogens with one attached hydrogen (secondary N) is 1. The first kappa shape index (κ1) is 10.5. The second-order valence-corrected chi connectivity index (χ2v) is 5.00. The Morgan fingerprint density at radius 1 is 1.47 bits per heavy atom. The Labute approximate surface area is 88.2 Å². The predicted molar refractivity (Wildman–Crippen MR) is 53.3 cm³/mol. The van der Waals surface area contributed by atoms with Crippen LogP contribution in [0.25, 0.3) is 0 Å². The molecular formula is C10H16FN3O. The van der Waals surface area contributed by atoms with Crippen LogP contribution in [0.3, 0.4) is 0 Å². The van der Waals surface area contributed by atoms with Gasteiger partial charge < -0.3 is 9.84 Å². The van der Waals surface area contributed by atoms with E-state index in [1.807, 2.05) is 20.8 Å². The summed E-state index contributed by atoms with van der Waals surface area (Å²) in [6.07, 6.45) is -0.383. The van der Waals surface area contributed by atoms with Gasteiger partial charge in [0.2, 0.25) is 5.89 Å². The summed E-state index contributed by atoms with van der Waals surface area (Å²) in [7, 11) is 0. The first-order valence-corrected chi connectivity index (χ1v) is 5.18. The molecule has 1 aliphatic heterocycles. The average molecular weight is 213 g/mol. The predicted octanol–water partition coefficient (Wildman–Crippen LogP) is 1.74. The summed E-state index contributed by atoms with van der Waals surface area (Å²) in [6, 6.07) is -0.122. The lowest BCUT2D eigenvalue weighted by Gasteiger charge is -2.11. The smallest absolute Gasteiger partial charge is 0.243 e. The molecule has 5 heteroatoms. The fourth-order valence-electron chi connectivity index (χ4n) is 1.56. The summed E-state index contributed by atoms with van der Waals surface area (Å²) in [4.78, 5) is 4.29. The highest BCUT2D eigenvalue weighted by molar-refractivity contribution is 5.03. The highest BCUT2D eigenvalue weighted by Crippen LogP contribution is 2.26. The van der Waals surface area contributed by atoms with Crippen molar-refractivity contribution in [3.05, 3.63) is 11.7 Å². The minimum atomic E-state index is -0.806. The van der Waals surface area contributed by atoms with E-state index >= 15 is 0 Å². The number of aromatic nitrogens is 2. The molecule has 1 aliphatic rings. The molecule has 15 heavy (non-hydrogen) atoms. The van der Waals surface area contributed by atoms with Crippen molar-refractivity contribution in [1.29, 1.82) is 0 Å². The minimum Gasteiger partial charge on any atom is -0.338 e. The second kappa shape index (κ2) is 3.56. The normalized spacial score (nSPS) is 27.2. The van der Waals surface area contributed by atoms with Gasteiger partial charge in [0, 0.05) is 18.4 Å². The molecule has 0 unspecified atom stereocenters. The van der Waals surface area contributed by atoms with Crippen molar-refractivity contribution in [2.45, 2.75) is 44.8 Å². The molecule has 2 rings (SSSR count). The maximum Gasteiger partial charge on any atom is 0.243 e. The van der Waals surface area contributed by atoms with E-state index in [9.17, 15) is 4.39 Å². The summed E-state index contributed by atoms with van der Waals surface area (Å²) in [6.45, 7) is 6.42. The Bertz CT molecular complexity index is 345. The molecule has 0 aliphatic carbocycles. The maximum absolute atomic E-state index is 12.9. The van der Waals surface area contributed by atoms with Gasteiger partial charge in [-0.3, -0.25) is 0 Å². The van der Waals surface area contributed by atoms with Crippen LogP contribution in [0.1, 0.15) is 44.9 Å². The van der Waals surface area contributed by atoms with Crippen LogP contribution < -0.4 is 5.32 Å². The molecule has 84 valence electrons. The minimum absolute atomic E-state index is 0.122. The van der Waals surface area contributed by atoms with Gasteiger partial charge in [-0.05, 0) is 0 Å². The van der Waals surface area contributed by atoms with Crippen LogP contribution in [0.2, 0.25) is 0 Å². The number of hydrogen-bond donors (Lipinski definition) is 1. The Morgan fingerprint density at radius 2 is 2.20 bits per heavy atom. The van der Waals surface area contributed by atoms with Gasteiger partial charge in [-0.2, -0.15) is 4.98 Å². The van der Waals surface area contributed by atoms with Crippen LogP contribution in [-0.4, -0.2) is 22.9 Å². The molecule has 0 aromatic carbocycles. The molecule has 0 bridgehead atoms. The van der Waals surface area contributed by atoms with E-state index in [0.717, 1.165) is 0 Å². The number of rotatable bonds is 1. The van der Waals surface area contributed by atoms with Gasteiger partial charge in [0.1, 0.15) is 6.17 Å². The van der Waals surface area contributed by atoms with Crippen molar-refractivity contribution in [1.82, 2.24) is 15.5 Å². The SMILES string of the molecule is CC(C)(C)c1noc([C@@H]2C[C@@H](F)CN2)n1. The molecule has 2 heterocycles. The largest absolute Gasteiger partial charge is 0.338 e. The molecule has 0 radical (unpaired) electrons. The van der Waals surface area contributed by atoms with Crippen molar-refractivity contribution in [2.24, 2.45) is 0 Å². The number of halogens is 1. The molecule has 1 aromatic heterocycles. The quantitative estimate of drug-likeness (QED) is 0.772. The van der Waals surface area contributed by atoms with E-state index in [2.05, 4.69) is 15.5 Å². The molecule has 0 amide bonds. The summed E-state index contributed by atoms with van der Waals surface area (Å²) >= 11 is 0. The van der Waals surface area contributed by atoms with Crippen LogP contribution in [0.15, 0.2) is 4.52 Å². The fourth-order valence-corrected chi connectivity index (χ4v) is 1.56. The van der Waals surface area contributed by atoms with E-state index in [1.165, 1.54) is 0 Å². The number of hydrogen-bond acceptors (Lipinski definition) is 4. The molecule has 1 saturated heterocycles. The van der Waals surface area contributed by atoms with E-state index in [1.54, 1.807) is 0 Å². The lowest BCUT2D eigenvalue weighted by Crippen LogP contribution is -2.16. The highest BCUT2D eigenvalue weighted by Gasteiger charge is 2.30. The van der Waals surface area contributed by atoms with Crippen LogP contribution in [0.4, 0.5) is 4.39 Å². The number of nitrogens with zero attached hydrogens (tertiary/aromatic N) is 2. The molecule has 0 saturated carbocycles. The van der Waals surface area contributed by atoms with Crippen LogP contribution in [-0.2, 0) is 5.41 Å². The van der Waals surface area contributed by atoms with Crippen molar-refractivity contribution < 1.29 is 8.91 Å². The molecule has 1 aromatic rings. The third-order valence-corrected chi connectivity index (χ3v) is 2.49. The zero-order chi connectivity index (χ0) is 11.1. The standard InChI is InChI=1S/C10H16FN3O/c1-10(2,3)9-13-8(15-14-9)7-4-6(11)5-12-7/h6-7,12H,4-5H2,1-3H3/t6-,7+/m1/s1. The van der Waals surface area contributed by atoms with Crippen LogP contribution >= 0.6 is 0 Å². The van der Waals surface area contributed by atoms with Crippen molar-refractivity contribution in [2.75, 3.05) is 6.54 Å². The summed E-state index contributed by atoms with van der Waals surface area (Å²) in [5.41, 5.74) is -0.129. The third kappa shape index (κ3) is 2.17. The first-order valence-electron chi connectivity index (χ1n) is 5.18. The van der Waals surface area contributed by atoms with Gasteiger partial charge >= 0.3 is 0 Å². The zero-order valence-corrected chi connectivity index (χ0v) is 9.25. The molecule has 4 nitrogen and oxygen atoms in total. The molecule has 0 spiro atoms. The van der Waals surface area contributed by atoms with Crippen molar-refractivity contribution >= 4 is 0 Å². The Balaban J connectivity index is 2.14. The van der Waals surface area contributed by atoms with Gasteiger partial charge in [0.05, 0.1) is 6.04 Å². The third-order valence-electron chi connectivity index (χ3n) is 2.49. The van der Waals surface area contributed by atoms with Gasteiger partial charge in [-0.25, -0.2) is 4.39 Å². The maximum atomic E-state index is 12.9. The molecule has 2 atom stereocenters. The van der Waals surface area contributed by atoms with Gasteiger partial charge in [0.25, 0.3) is 0 Å². The van der Waals surface area contributed by atoms with Gasteiger partial charge in [0.15, 0.2) is 5.82 Å². The Morgan fingerprint density at radius 3 is 2.67 bits per heavy atom. The van der Waals surface area contributed by atoms with E-state index in [-0.39, 0.29) is 11.5 Å². The Kier molecular flexibility index (Phi) is 2.50. The van der Waals surface area contributed by atoms with Gasteiger partial charge in [-0.1, -0.05) is 25.9 Å². The summed E-state index contributed by atoms with van der Waals surface area (Å²) in [5, 5.41) is 6.92. The average Bonchev–Trinajstić information content (AvgIpc) is 2.69. The summed E-state index contributed by atoms with van der Waals surface area (Å²) in [5.74, 6) is 1.17. The highest BCUT2D eigenvalue weighted by atomic mass is 19.1. The van der Waals surface area contributed by atoms with Crippen LogP contribution in [0, 0.1) is 0 Å². The van der Waals surface area contributed by atoms with Crippen molar-refractivity contribution in [3.8, 4) is 0 Å². The second-order valence-electron chi connectivity index (χ2n) is 5.00. The lowest BCUT2D eigenvalue weighted by atomic mass is 9.96. The zero-order valence-electron chi connectivity index (χ0n) is 9.25. The first-order chi connectivity index (χ1) is 6.97. The van der Waals surface area contributed by atoms with Crippen molar-refractivity contribution in [3.63, 3.8) is 0 Å². The fraction of sp³-hybridized carbons (Fsp3) is 0.800. The summed E-state index contributed by atoms with van der Waals surface area (Å²) < 4.78 is 18.1. The topological polar surface area (TPSA) is 51.0 Å². The number of alkyl halides is 1. The van der Waals surface area contributed by atoms with E-state index < -0.39 is 6.17 Å². The molecular weight excluding hydrogens is 197 g/mol. The van der Waals surface area contributed by atoms with Crippen LogP contribution in [0.5, 0.6) is 0 Å². The van der Waals surface area contributed by atoms with E-state index in [0.29, 0.717) is 24.7 Å². The monoisotopic (exact) mass is 213 g/mol. The molecule has 1 fully saturated rings. The van der Waals surface area contributed by atoms with Gasteiger partial charge in [-0.15, -0.1) is 0 Å². The molecule has 1 N–H and O–H groups in total.